The van der Waals surface area contributed by atoms with Crippen molar-refractivity contribution in [3.05, 3.63) is 59.2 Å². The van der Waals surface area contributed by atoms with E-state index in [9.17, 15) is 4.79 Å². The first-order chi connectivity index (χ1) is 9.61. The summed E-state index contributed by atoms with van der Waals surface area (Å²) in [6.07, 6.45) is 0. The quantitative estimate of drug-likeness (QED) is 0.876. The zero-order chi connectivity index (χ0) is 14.5. The number of hydrogen-bond donors (Lipinski definition) is 2. The van der Waals surface area contributed by atoms with Crippen molar-refractivity contribution >= 4 is 11.7 Å². The Morgan fingerprint density at radius 3 is 2.70 bits per heavy atom. The van der Waals surface area contributed by atoms with Crippen LogP contribution in [0.15, 0.2) is 42.5 Å². The summed E-state index contributed by atoms with van der Waals surface area (Å²) in [6, 6.07) is 12.8. The van der Waals surface area contributed by atoms with E-state index in [0.717, 1.165) is 22.6 Å². The molecule has 0 atom stereocenters. The summed E-state index contributed by atoms with van der Waals surface area (Å²) in [5.74, 6) is -0.114. The predicted octanol–water partition coefficient (Wildman–Crippen LogP) is 3.31. The number of carboxylic acids is 1. The number of anilines is 1. The van der Waals surface area contributed by atoms with Crippen molar-refractivity contribution in [1.82, 2.24) is 0 Å². The molecule has 104 valence electrons. The van der Waals surface area contributed by atoms with Gasteiger partial charge in [-0.25, -0.2) is 4.79 Å². The topological polar surface area (TPSA) is 58.6 Å². The molecule has 0 fully saturated rings. The number of carboxylic acid groups (broad SMARTS) is 1. The lowest BCUT2D eigenvalue weighted by molar-refractivity contribution is 0.0697. The highest BCUT2D eigenvalue weighted by molar-refractivity contribution is 5.89. The van der Waals surface area contributed by atoms with E-state index in [0.29, 0.717) is 6.54 Å². The van der Waals surface area contributed by atoms with Crippen LogP contribution >= 0.6 is 0 Å². The van der Waals surface area contributed by atoms with Crippen molar-refractivity contribution in [2.75, 3.05) is 12.4 Å². The first-order valence-electron chi connectivity index (χ1n) is 6.31. The van der Waals surface area contributed by atoms with Gasteiger partial charge in [-0.2, -0.15) is 0 Å². The molecule has 2 rings (SSSR count). The zero-order valence-corrected chi connectivity index (χ0v) is 11.5. The normalized spacial score (nSPS) is 10.1. The molecule has 0 aliphatic rings. The SMILES string of the molecule is COc1ccccc1CNc1cc(C(=O)O)ccc1C. The number of carbonyl (C=O) groups is 1. The average Bonchev–Trinajstić information content (AvgIpc) is 2.46. The first-order valence-corrected chi connectivity index (χ1v) is 6.31. The van der Waals surface area contributed by atoms with Gasteiger partial charge in [0.05, 0.1) is 12.7 Å². The minimum Gasteiger partial charge on any atom is -0.496 e. The molecule has 2 aromatic carbocycles. The summed E-state index contributed by atoms with van der Waals surface area (Å²) in [4.78, 5) is 11.0. The van der Waals surface area contributed by atoms with Crippen LogP contribution in [0.5, 0.6) is 5.75 Å². The monoisotopic (exact) mass is 271 g/mol. The lowest BCUT2D eigenvalue weighted by atomic mass is 10.1. The molecule has 0 bridgehead atoms. The minimum absolute atomic E-state index is 0.276. The molecule has 0 unspecified atom stereocenters. The lowest BCUT2D eigenvalue weighted by Crippen LogP contribution is -2.05. The van der Waals surface area contributed by atoms with E-state index in [2.05, 4.69) is 5.32 Å². The molecule has 4 nitrogen and oxygen atoms in total. The maximum absolute atomic E-state index is 11.0. The summed E-state index contributed by atoms with van der Waals surface area (Å²) in [7, 11) is 1.63. The van der Waals surface area contributed by atoms with Crippen LogP contribution in [0, 0.1) is 6.92 Å². The predicted molar refractivity (Wildman–Crippen MR) is 78.5 cm³/mol. The molecule has 0 spiro atoms. The molecule has 0 saturated heterocycles. The second-order valence-electron chi connectivity index (χ2n) is 4.50. The van der Waals surface area contributed by atoms with Crippen molar-refractivity contribution in [1.29, 1.82) is 0 Å². The summed E-state index contributed by atoms with van der Waals surface area (Å²) >= 11 is 0. The van der Waals surface area contributed by atoms with Crippen molar-refractivity contribution in [2.45, 2.75) is 13.5 Å². The molecule has 20 heavy (non-hydrogen) atoms. The number of para-hydroxylation sites is 1. The number of methoxy groups -OCH3 is 1. The van der Waals surface area contributed by atoms with E-state index in [4.69, 9.17) is 9.84 Å². The molecule has 2 aromatic rings. The van der Waals surface area contributed by atoms with Crippen LogP contribution in [0.2, 0.25) is 0 Å². The summed E-state index contributed by atoms with van der Waals surface area (Å²) in [5, 5.41) is 12.3. The third kappa shape index (κ3) is 3.09. The van der Waals surface area contributed by atoms with E-state index < -0.39 is 5.97 Å². The van der Waals surface area contributed by atoms with Gasteiger partial charge in [0, 0.05) is 17.8 Å². The van der Waals surface area contributed by atoms with Gasteiger partial charge < -0.3 is 15.2 Å². The summed E-state index contributed by atoms with van der Waals surface area (Å²) < 4.78 is 5.29. The summed E-state index contributed by atoms with van der Waals surface area (Å²) in [5.41, 5.74) is 3.12. The van der Waals surface area contributed by atoms with Crippen molar-refractivity contribution in [2.24, 2.45) is 0 Å². The molecule has 0 aliphatic carbocycles. The van der Waals surface area contributed by atoms with Gasteiger partial charge in [-0.15, -0.1) is 0 Å². The van der Waals surface area contributed by atoms with Crippen LogP contribution in [-0.4, -0.2) is 18.2 Å². The molecule has 4 heteroatoms. The van der Waals surface area contributed by atoms with Gasteiger partial charge in [0.1, 0.15) is 5.75 Å². The lowest BCUT2D eigenvalue weighted by Gasteiger charge is -2.12. The number of benzene rings is 2. The molecule has 2 N–H and O–H groups in total. The van der Waals surface area contributed by atoms with Gasteiger partial charge in [0.2, 0.25) is 0 Å². The molecule has 0 aliphatic heterocycles. The Labute approximate surface area is 118 Å². The molecule has 0 saturated carbocycles. The van der Waals surface area contributed by atoms with Crippen LogP contribution in [0.25, 0.3) is 0 Å². The number of hydrogen-bond acceptors (Lipinski definition) is 3. The van der Waals surface area contributed by atoms with Crippen LogP contribution in [0.1, 0.15) is 21.5 Å². The minimum atomic E-state index is -0.926. The van der Waals surface area contributed by atoms with Crippen molar-refractivity contribution in [3.63, 3.8) is 0 Å². The third-order valence-electron chi connectivity index (χ3n) is 3.15. The molecule has 0 heterocycles. The van der Waals surface area contributed by atoms with Gasteiger partial charge in [-0.05, 0) is 30.7 Å². The van der Waals surface area contributed by atoms with Gasteiger partial charge in [0.25, 0.3) is 0 Å². The van der Waals surface area contributed by atoms with Gasteiger partial charge in [-0.1, -0.05) is 24.3 Å². The van der Waals surface area contributed by atoms with Crippen LogP contribution in [0.4, 0.5) is 5.69 Å². The van der Waals surface area contributed by atoms with Crippen LogP contribution in [0.3, 0.4) is 0 Å². The van der Waals surface area contributed by atoms with Gasteiger partial charge in [0.15, 0.2) is 0 Å². The highest BCUT2D eigenvalue weighted by Gasteiger charge is 2.07. The average molecular weight is 271 g/mol. The van der Waals surface area contributed by atoms with Crippen molar-refractivity contribution < 1.29 is 14.6 Å². The second kappa shape index (κ2) is 6.10. The van der Waals surface area contributed by atoms with Gasteiger partial charge in [-0.3, -0.25) is 0 Å². The number of ether oxygens (including phenoxy) is 1. The third-order valence-corrected chi connectivity index (χ3v) is 3.15. The van der Waals surface area contributed by atoms with Crippen LogP contribution < -0.4 is 10.1 Å². The Morgan fingerprint density at radius 1 is 1.25 bits per heavy atom. The highest BCUT2D eigenvalue weighted by Crippen LogP contribution is 2.21. The Balaban J connectivity index is 2.18. The number of aromatic carboxylic acids is 1. The molecule has 0 aromatic heterocycles. The second-order valence-corrected chi connectivity index (χ2v) is 4.50. The number of nitrogens with one attached hydrogen (secondary N) is 1. The molecular formula is C16H17NO3. The highest BCUT2D eigenvalue weighted by atomic mass is 16.5. The van der Waals surface area contributed by atoms with Crippen molar-refractivity contribution in [3.8, 4) is 5.75 Å². The summed E-state index contributed by atoms with van der Waals surface area (Å²) in [6.45, 7) is 2.52. The Bertz CT molecular complexity index is 623. The number of aryl methyl sites for hydroxylation is 1. The maximum Gasteiger partial charge on any atom is 0.335 e. The fraction of sp³-hybridized carbons (Fsp3) is 0.188. The Kier molecular flexibility index (Phi) is 4.25. The molecule has 0 radical (unpaired) electrons. The van der Waals surface area contributed by atoms with E-state index in [1.54, 1.807) is 25.3 Å². The van der Waals surface area contributed by atoms with E-state index >= 15 is 0 Å². The van der Waals surface area contributed by atoms with E-state index in [1.807, 2.05) is 31.2 Å². The maximum atomic E-state index is 11.0. The zero-order valence-electron chi connectivity index (χ0n) is 11.5. The first kappa shape index (κ1) is 13.9. The Morgan fingerprint density at radius 2 is 2.00 bits per heavy atom. The number of rotatable bonds is 5. The Hall–Kier alpha value is -2.49. The smallest absolute Gasteiger partial charge is 0.335 e. The fourth-order valence-corrected chi connectivity index (χ4v) is 1.98. The van der Waals surface area contributed by atoms with E-state index in [-0.39, 0.29) is 5.56 Å². The largest absolute Gasteiger partial charge is 0.496 e. The molecular weight excluding hydrogens is 254 g/mol. The van der Waals surface area contributed by atoms with Gasteiger partial charge >= 0.3 is 5.97 Å². The molecule has 0 amide bonds. The van der Waals surface area contributed by atoms with E-state index in [1.165, 1.54) is 0 Å². The standard InChI is InChI=1S/C16H17NO3/c1-11-7-8-12(16(18)19)9-14(11)17-10-13-5-3-4-6-15(13)20-2/h3-9,17H,10H2,1-2H3,(H,18,19). The van der Waals surface area contributed by atoms with Crippen LogP contribution in [-0.2, 0) is 6.54 Å². The fourth-order valence-electron chi connectivity index (χ4n) is 1.98.